The van der Waals surface area contributed by atoms with Crippen molar-refractivity contribution in [1.29, 1.82) is 0 Å². The topological polar surface area (TPSA) is 128 Å². The summed E-state index contributed by atoms with van der Waals surface area (Å²) in [5.74, 6) is 0.582. The summed E-state index contributed by atoms with van der Waals surface area (Å²) < 4.78 is 53.1. The zero-order valence-corrected chi connectivity index (χ0v) is 19.9. The molecule has 3 aromatic rings. The lowest BCUT2D eigenvalue weighted by Gasteiger charge is -2.17. The standard InChI is InChI=1S/C16H22FN3O2.C7H8O3S/c1-16(2,3)10-19-15-20-13-5-4-12(6-14(13)22-15)21-9-11(7-17)8-18;1-6-2-4-7(5-3-6)11(8,9)10/h4-7H,8-10,18H2,1-3H3,(H,19,20);2-5H,1H3,(H,8,9,10). The van der Waals surface area contributed by atoms with Gasteiger partial charge in [-0.15, -0.1) is 0 Å². The highest BCUT2D eigenvalue weighted by molar-refractivity contribution is 7.85. The molecule has 0 atom stereocenters. The predicted octanol–water partition coefficient (Wildman–Crippen LogP) is 4.72. The second-order valence-electron chi connectivity index (χ2n) is 8.61. The van der Waals surface area contributed by atoms with E-state index < -0.39 is 10.1 Å². The van der Waals surface area contributed by atoms with E-state index in [0.29, 0.717) is 29.3 Å². The first-order chi connectivity index (χ1) is 15.4. The quantitative estimate of drug-likeness (QED) is 0.415. The van der Waals surface area contributed by atoms with E-state index in [1.807, 2.05) is 6.92 Å². The minimum Gasteiger partial charge on any atom is -0.489 e. The average molecular weight is 480 g/mol. The highest BCUT2D eigenvalue weighted by atomic mass is 32.2. The summed E-state index contributed by atoms with van der Waals surface area (Å²) in [6, 6.07) is 11.8. The molecule has 0 unspecified atom stereocenters. The first-order valence-electron chi connectivity index (χ1n) is 10.2. The first-order valence-corrected chi connectivity index (χ1v) is 11.6. The van der Waals surface area contributed by atoms with Gasteiger partial charge in [-0.1, -0.05) is 38.5 Å². The predicted molar refractivity (Wildman–Crippen MR) is 127 cm³/mol. The lowest BCUT2D eigenvalue weighted by Crippen LogP contribution is -2.19. The van der Waals surface area contributed by atoms with Crippen molar-refractivity contribution in [2.45, 2.75) is 32.6 Å². The summed E-state index contributed by atoms with van der Waals surface area (Å²) in [5.41, 5.74) is 8.22. The number of nitrogens with one attached hydrogen (secondary N) is 1. The van der Waals surface area contributed by atoms with Crippen LogP contribution in [-0.2, 0) is 10.1 Å². The lowest BCUT2D eigenvalue weighted by atomic mass is 9.97. The third-order valence-corrected chi connectivity index (χ3v) is 5.16. The molecule has 0 bridgehead atoms. The van der Waals surface area contributed by atoms with E-state index in [9.17, 15) is 12.8 Å². The Labute approximate surface area is 193 Å². The van der Waals surface area contributed by atoms with E-state index in [0.717, 1.165) is 17.6 Å². The number of fused-ring (bicyclic) bond motifs is 1. The SMILES string of the molecule is CC(C)(C)CNc1nc2ccc(OCC(=CF)CN)cc2o1.Cc1ccc(S(=O)(=O)O)cc1. The Bertz CT molecular complexity index is 1180. The number of nitrogens with two attached hydrogens (primary N) is 1. The van der Waals surface area contributed by atoms with E-state index in [-0.39, 0.29) is 23.5 Å². The molecular weight excluding hydrogens is 449 g/mol. The number of nitrogens with zero attached hydrogens (tertiary/aromatic N) is 1. The van der Waals surface area contributed by atoms with Crippen LogP contribution in [0.15, 0.2) is 63.7 Å². The molecule has 0 spiro atoms. The fourth-order valence-electron chi connectivity index (χ4n) is 2.43. The largest absolute Gasteiger partial charge is 0.489 e. The molecule has 1 aromatic heterocycles. The molecule has 33 heavy (non-hydrogen) atoms. The molecule has 3 rings (SSSR count). The summed E-state index contributed by atoms with van der Waals surface area (Å²) in [4.78, 5) is 4.29. The van der Waals surface area contributed by atoms with Crippen LogP contribution in [0.1, 0.15) is 26.3 Å². The Hall–Kier alpha value is -2.95. The Morgan fingerprint density at radius 1 is 1.24 bits per heavy atom. The van der Waals surface area contributed by atoms with Gasteiger partial charge in [-0.3, -0.25) is 4.55 Å². The number of rotatable bonds is 7. The number of hydrogen-bond acceptors (Lipinski definition) is 7. The molecule has 0 radical (unpaired) electrons. The number of aryl methyl sites for hydroxylation is 1. The Balaban J connectivity index is 0.000000294. The Morgan fingerprint density at radius 3 is 2.45 bits per heavy atom. The smallest absolute Gasteiger partial charge is 0.295 e. The van der Waals surface area contributed by atoms with Gasteiger partial charge in [0.25, 0.3) is 16.1 Å². The maximum absolute atomic E-state index is 12.4. The van der Waals surface area contributed by atoms with Crippen molar-refractivity contribution < 1.29 is 26.5 Å². The van der Waals surface area contributed by atoms with Crippen LogP contribution < -0.4 is 15.8 Å². The van der Waals surface area contributed by atoms with E-state index in [4.69, 9.17) is 19.4 Å². The van der Waals surface area contributed by atoms with Crippen LogP contribution in [-0.4, -0.2) is 37.7 Å². The minimum atomic E-state index is -4.02. The van der Waals surface area contributed by atoms with Crippen LogP contribution >= 0.6 is 0 Å². The van der Waals surface area contributed by atoms with Gasteiger partial charge in [0.2, 0.25) is 0 Å². The highest BCUT2D eigenvalue weighted by Gasteiger charge is 2.13. The maximum atomic E-state index is 12.4. The molecule has 0 aliphatic rings. The summed E-state index contributed by atoms with van der Waals surface area (Å²) in [5, 5.41) is 3.17. The molecule has 0 saturated heterocycles. The molecule has 0 aliphatic carbocycles. The third kappa shape index (κ3) is 8.83. The van der Waals surface area contributed by atoms with Gasteiger partial charge in [0.1, 0.15) is 17.9 Å². The van der Waals surface area contributed by atoms with Crippen LogP contribution in [0.25, 0.3) is 11.1 Å². The summed E-state index contributed by atoms with van der Waals surface area (Å²) in [6.07, 6.45) is 0.474. The Kier molecular flexibility index (Phi) is 8.98. The zero-order valence-electron chi connectivity index (χ0n) is 19.1. The van der Waals surface area contributed by atoms with Crippen molar-refractivity contribution in [3.8, 4) is 5.75 Å². The maximum Gasteiger partial charge on any atom is 0.295 e. The van der Waals surface area contributed by atoms with Gasteiger partial charge >= 0.3 is 0 Å². The molecule has 8 nitrogen and oxygen atoms in total. The van der Waals surface area contributed by atoms with E-state index in [1.165, 1.54) is 12.1 Å². The van der Waals surface area contributed by atoms with Crippen molar-refractivity contribution in [3.05, 3.63) is 59.9 Å². The molecular formula is C23H30FN3O5S. The molecule has 10 heteroatoms. The fourth-order valence-corrected chi connectivity index (χ4v) is 2.91. The third-order valence-electron chi connectivity index (χ3n) is 4.29. The van der Waals surface area contributed by atoms with Crippen molar-refractivity contribution in [2.24, 2.45) is 11.1 Å². The molecule has 1 heterocycles. The van der Waals surface area contributed by atoms with Gasteiger partial charge < -0.3 is 20.2 Å². The number of aromatic nitrogens is 1. The van der Waals surface area contributed by atoms with Crippen molar-refractivity contribution >= 4 is 27.2 Å². The van der Waals surface area contributed by atoms with E-state index >= 15 is 0 Å². The van der Waals surface area contributed by atoms with Gasteiger partial charge in [0, 0.05) is 24.7 Å². The normalized spacial score (nSPS) is 12.3. The summed E-state index contributed by atoms with van der Waals surface area (Å²) in [7, 11) is -4.02. The van der Waals surface area contributed by atoms with Gasteiger partial charge in [-0.05, 0) is 36.6 Å². The van der Waals surface area contributed by atoms with Crippen LogP contribution in [0, 0.1) is 12.3 Å². The summed E-state index contributed by atoms with van der Waals surface area (Å²) >= 11 is 0. The monoisotopic (exact) mass is 479 g/mol. The number of benzene rings is 2. The van der Waals surface area contributed by atoms with Gasteiger partial charge in [0.05, 0.1) is 11.2 Å². The van der Waals surface area contributed by atoms with Crippen LogP contribution in [0.4, 0.5) is 10.4 Å². The number of oxazole rings is 1. The van der Waals surface area contributed by atoms with Crippen LogP contribution in [0.2, 0.25) is 0 Å². The van der Waals surface area contributed by atoms with Gasteiger partial charge in [-0.2, -0.15) is 13.4 Å². The second-order valence-corrected chi connectivity index (χ2v) is 10.0. The summed E-state index contributed by atoms with van der Waals surface area (Å²) in [6.45, 7) is 9.22. The average Bonchev–Trinajstić information content (AvgIpc) is 3.15. The van der Waals surface area contributed by atoms with Crippen LogP contribution in [0.3, 0.4) is 0 Å². The fraction of sp³-hybridized carbons (Fsp3) is 0.348. The number of ether oxygens (including phenoxy) is 1. The van der Waals surface area contributed by atoms with Crippen molar-refractivity contribution in [1.82, 2.24) is 4.98 Å². The minimum absolute atomic E-state index is 0.0666. The first kappa shape index (κ1) is 26.3. The highest BCUT2D eigenvalue weighted by Crippen LogP contribution is 2.25. The second kappa shape index (κ2) is 11.3. The number of halogens is 1. The zero-order chi connectivity index (χ0) is 24.6. The molecule has 0 saturated carbocycles. The number of hydrogen-bond donors (Lipinski definition) is 3. The number of anilines is 1. The van der Waals surface area contributed by atoms with Crippen molar-refractivity contribution in [2.75, 3.05) is 25.0 Å². The van der Waals surface area contributed by atoms with Crippen molar-refractivity contribution in [3.63, 3.8) is 0 Å². The molecule has 2 aromatic carbocycles. The Morgan fingerprint density at radius 2 is 1.91 bits per heavy atom. The molecule has 180 valence electrons. The molecule has 4 N–H and O–H groups in total. The van der Waals surface area contributed by atoms with E-state index in [1.54, 1.807) is 30.3 Å². The van der Waals surface area contributed by atoms with Gasteiger partial charge in [-0.25, -0.2) is 4.39 Å². The van der Waals surface area contributed by atoms with Crippen LogP contribution in [0.5, 0.6) is 5.75 Å². The molecule has 0 fully saturated rings. The molecule has 0 amide bonds. The molecule has 0 aliphatic heterocycles. The van der Waals surface area contributed by atoms with E-state index in [2.05, 4.69) is 31.1 Å². The lowest BCUT2D eigenvalue weighted by molar-refractivity contribution is 0.347. The van der Waals surface area contributed by atoms with Gasteiger partial charge in [0.15, 0.2) is 5.58 Å².